The summed E-state index contributed by atoms with van der Waals surface area (Å²) in [6, 6.07) is 44.7. The Morgan fingerprint density at radius 1 is 0.441 bits per heavy atom. The van der Waals surface area contributed by atoms with Crippen LogP contribution in [0.15, 0.2) is 132 Å². The van der Waals surface area contributed by atoms with E-state index in [1.54, 1.807) is 0 Å². The predicted octanol–water partition coefficient (Wildman–Crippen LogP) is 9.36. The molecule has 0 bridgehead atoms. The van der Waals surface area contributed by atoms with Crippen LogP contribution in [0, 0.1) is 0 Å². The Kier molecular flexibility index (Phi) is 4.18. The molecule has 0 amide bonds. The molecule has 0 radical (unpaired) electrons. The van der Waals surface area contributed by atoms with Gasteiger partial charge in [-0.25, -0.2) is 0 Å². The molecule has 1 heterocycles. The number of benzene rings is 6. The van der Waals surface area contributed by atoms with Gasteiger partial charge in [0.05, 0.1) is 5.69 Å². The largest absolute Gasteiger partial charge is 0.454 e. The van der Waals surface area contributed by atoms with Crippen molar-refractivity contribution in [3.05, 3.63) is 127 Å². The highest BCUT2D eigenvalue weighted by atomic mass is 16.3. The van der Waals surface area contributed by atoms with Crippen molar-refractivity contribution in [3.63, 3.8) is 0 Å². The lowest BCUT2D eigenvalue weighted by Gasteiger charge is -2.27. The number of nitrogens with zero attached hydrogens (tertiary/aromatic N) is 1. The summed E-state index contributed by atoms with van der Waals surface area (Å²) >= 11 is 0. The van der Waals surface area contributed by atoms with Gasteiger partial charge < -0.3 is 9.32 Å². The molecule has 0 saturated carbocycles. The van der Waals surface area contributed by atoms with Crippen molar-refractivity contribution in [2.75, 3.05) is 4.90 Å². The van der Waals surface area contributed by atoms with Crippen LogP contribution in [0.5, 0.6) is 0 Å². The van der Waals surface area contributed by atoms with Gasteiger partial charge in [-0.15, -0.1) is 0 Å². The minimum atomic E-state index is 0.900. The molecule has 0 N–H and O–H groups in total. The van der Waals surface area contributed by atoms with Gasteiger partial charge in [0.2, 0.25) is 0 Å². The maximum Gasteiger partial charge on any atom is 0.160 e. The van der Waals surface area contributed by atoms with Gasteiger partial charge in [-0.2, -0.15) is 0 Å². The highest BCUT2D eigenvalue weighted by Crippen LogP contribution is 2.47. The number of hydrogen-bond donors (Lipinski definition) is 0. The molecule has 0 fully saturated rings. The monoisotopic (exact) mass is 435 g/mol. The molecule has 1 aromatic heterocycles. The fourth-order valence-electron chi connectivity index (χ4n) is 5.09. The Balaban J connectivity index is 1.71. The van der Waals surface area contributed by atoms with Gasteiger partial charge in [0, 0.05) is 27.5 Å². The number of para-hydroxylation sites is 3. The molecule has 0 spiro atoms. The van der Waals surface area contributed by atoms with Crippen molar-refractivity contribution in [2.45, 2.75) is 0 Å². The van der Waals surface area contributed by atoms with Crippen LogP contribution in [-0.2, 0) is 0 Å². The fraction of sp³-hybridized carbons (Fsp3) is 0. The van der Waals surface area contributed by atoms with Crippen molar-refractivity contribution < 1.29 is 4.42 Å². The summed E-state index contributed by atoms with van der Waals surface area (Å²) in [5, 5.41) is 7.14. The van der Waals surface area contributed by atoms with Crippen molar-refractivity contribution in [2.24, 2.45) is 0 Å². The van der Waals surface area contributed by atoms with Gasteiger partial charge in [-0.05, 0) is 52.6 Å². The molecule has 0 atom stereocenters. The highest BCUT2D eigenvalue weighted by molar-refractivity contribution is 6.24. The van der Waals surface area contributed by atoms with E-state index < -0.39 is 0 Å². The highest BCUT2D eigenvalue weighted by Gasteiger charge is 2.23. The molecule has 34 heavy (non-hydrogen) atoms. The van der Waals surface area contributed by atoms with E-state index in [0.717, 1.165) is 44.4 Å². The maximum absolute atomic E-state index is 6.59. The van der Waals surface area contributed by atoms with Gasteiger partial charge in [0.15, 0.2) is 5.58 Å². The summed E-state index contributed by atoms with van der Waals surface area (Å²) in [6.07, 6.45) is 0. The first kappa shape index (κ1) is 19.0. The molecule has 0 aliphatic carbocycles. The van der Waals surface area contributed by atoms with Crippen LogP contribution in [0.4, 0.5) is 17.1 Å². The Morgan fingerprint density at radius 3 is 1.79 bits per heavy atom. The Morgan fingerprint density at radius 2 is 1.06 bits per heavy atom. The zero-order valence-electron chi connectivity index (χ0n) is 18.5. The van der Waals surface area contributed by atoms with Crippen molar-refractivity contribution in [1.82, 2.24) is 0 Å². The Labute approximate surface area is 197 Å². The average Bonchev–Trinajstić information content (AvgIpc) is 3.28. The second-order valence-corrected chi connectivity index (χ2v) is 8.59. The van der Waals surface area contributed by atoms with Crippen LogP contribution in [0.25, 0.3) is 43.5 Å². The number of hydrogen-bond acceptors (Lipinski definition) is 2. The molecule has 7 aromatic rings. The third kappa shape index (κ3) is 2.82. The molecular formula is C32H21NO. The lowest BCUT2D eigenvalue weighted by Crippen LogP contribution is -2.10. The molecule has 2 heteroatoms. The van der Waals surface area contributed by atoms with E-state index in [1.165, 1.54) is 16.2 Å². The topological polar surface area (TPSA) is 16.4 Å². The second-order valence-electron chi connectivity index (χ2n) is 8.59. The zero-order chi connectivity index (χ0) is 22.5. The summed E-state index contributed by atoms with van der Waals surface area (Å²) in [4.78, 5) is 2.32. The number of fused-ring (bicyclic) bond motifs is 6. The first-order chi connectivity index (χ1) is 16.9. The number of rotatable bonds is 3. The van der Waals surface area contributed by atoms with Crippen molar-refractivity contribution in [1.29, 1.82) is 0 Å². The van der Waals surface area contributed by atoms with Gasteiger partial charge >= 0.3 is 0 Å². The van der Waals surface area contributed by atoms with Crippen LogP contribution in [0.1, 0.15) is 0 Å². The average molecular weight is 436 g/mol. The molecule has 0 aliphatic rings. The summed E-state index contributed by atoms with van der Waals surface area (Å²) in [7, 11) is 0. The van der Waals surface area contributed by atoms with Crippen LogP contribution >= 0.6 is 0 Å². The van der Waals surface area contributed by atoms with Crippen LogP contribution < -0.4 is 4.90 Å². The Hall–Kier alpha value is -4.56. The van der Waals surface area contributed by atoms with E-state index in [9.17, 15) is 0 Å². The molecule has 0 unspecified atom stereocenters. The normalized spacial score (nSPS) is 11.5. The van der Waals surface area contributed by atoms with E-state index in [-0.39, 0.29) is 0 Å². The Bertz CT molecular complexity index is 1760. The smallest absolute Gasteiger partial charge is 0.160 e. The van der Waals surface area contributed by atoms with E-state index in [2.05, 4.69) is 126 Å². The van der Waals surface area contributed by atoms with E-state index in [0.29, 0.717) is 0 Å². The molecule has 160 valence electrons. The van der Waals surface area contributed by atoms with Gasteiger partial charge in [0.1, 0.15) is 5.58 Å². The summed E-state index contributed by atoms with van der Waals surface area (Å²) < 4.78 is 6.59. The lowest BCUT2D eigenvalue weighted by atomic mass is 9.97. The third-order valence-electron chi connectivity index (χ3n) is 6.62. The third-order valence-corrected chi connectivity index (χ3v) is 6.62. The van der Waals surface area contributed by atoms with Crippen LogP contribution in [0.2, 0.25) is 0 Å². The summed E-state index contributed by atoms with van der Waals surface area (Å²) in [5.41, 5.74) is 5.05. The van der Waals surface area contributed by atoms with E-state index in [1.807, 2.05) is 6.07 Å². The van der Waals surface area contributed by atoms with Crippen LogP contribution in [-0.4, -0.2) is 0 Å². The second kappa shape index (κ2) is 7.50. The quantitative estimate of drug-likeness (QED) is 0.257. The number of anilines is 3. The van der Waals surface area contributed by atoms with Crippen LogP contribution in [0.3, 0.4) is 0 Å². The predicted molar refractivity (Wildman–Crippen MR) is 143 cm³/mol. The molecular weight excluding hydrogens is 414 g/mol. The van der Waals surface area contributed by atoms with Gasteiger partial charge in [-0.3, -0.25) is 0 Å². The fourth-order valence-corrected chi connectivity index (χ4v) is 5.09. The molecule has 0 aliphatic heterocycles. The van der Waals surface area contributed by atoms with Crippen molar-refractivity contribution in [3.8, 4) is 0 Å². The minimum Gasteiger partial charge on any atom is -0.454 e. The molecule has 0 saturated heterocycles. The first-order valence-corrected chi connectivity index (χ1v) is 11.5. The van der Waals surface area contributed by atoms with Gasteiger partial charge in [0.25, 0.3) is 0 Å². The molecule has 6 aromatic carbocycles. The van der Waals surface area contributed by atoms with E-state index >= 15 is 0 Å². The summed E-state index contributed by atoms with van der Waals surface area (Å²) in [5.74, 6) is 0. The SMILES string of the molecule is c1ccc(N(c2ccccc2)c2c3ccc4ccccc4c3cc3c2oc2ccccc23)cc1. The van der Waals surface area contributed by atoms with E-state index in [4.69, 9.17) is 4.42 Å². The maximum atomic E-state index is 6.59. The molecule has 2 nitrogen and oxygen atoms in total. The van der Waals surface area contributed by atoms with Gasteiger partial charge in [-0.1, -0.05) is 91.0 Å². The number of furan rings is 1. The van der Waals surface area contributed by atoms with Crippen molar-refractivity contribution >= 4 is 60.5 Å². The zero-order valence-corrected chi connectivity index (χ0v) is 18.5. The minimum absolute atomic E-state index is 0.900. The standard InChI is InChI=1S/C32H21NO/c1-3-12-23(13-4-1)33(24-14-5-2-6-15-24)31-27-20-19-22-11-7-8-16-25(22)28(27)21-29-26-17-9-10-18-30(26)34-32(29)31/h1-21H. The molecule has 7 rings (SSSR count). The lowest BCUT2D eigenvalue weighted by molar-refractivity contribution is 0.669. The summed E-state index contributed by atoms with van der Waals surface area (Å²) in [6.45, 7) is 0. The first-order valence-electron chi connectivity index (χ1n) is 11.5.